The second-order valence-corrected chi connectivity index (χ2v) is 3.55. The molecule has 0 spiro atoms. The van der Waals surface area contributed by atoms with E-state index >= 15 is 0 Å². The van der Waals surface area contributed by atoms with E-state index in [4.69, 9.17) is 10.5 Å². The first-order valence-electron chi connectivity index (χ1n) is 4.85. The van der Waals surface area contributed by atoms with Crippen LogP contribution in [0.5, 0.6) is 0 Å². The van der Waals surface area contributed by atoms with Crippen LogP contribution in [0.1, 0.15) is 11.3 Å². The summed E-state index contributed by atoms with van der Waals surface area (Å²) in [6.45, 7) is 1.15. The van der Waals surface area contributed by atoms with Crippen LogP contribution in [0.4, 0.5) is 5.82 Å². The topological polar surface area (TPSA) is 53.1 Å². The molecule has 76 valence electrons. The molecule has 0 unspecified atom stereocenters. The minimum atomic E-state index is 0.569. The van der Waals surface area contributed by atoms with Gasteiger partial charge in [0.25, 0.3) is 0 Å². The predicted octanol–water partition coefficient (Wildman–Crippen LogP) is 1.48. The molecule has 0 fully saturated rings. The van der Waals surface area contributed by atoms with Crippen LogP contribution in [0, 0.1) is 0 Å². The van der Waals surface area contributed by atoms with Crippen molar-refractivity contribution in [1.82, 2.24) is 9.78 Å². The zero-order valence-electron chi connectivity index (χ0n) is 8.18. The number of hydrogen-bond acceptors (Lipinski definition) is 3. The summed E-state index contributed by atoms with van der Waals surface area (Å²) in [6, 6.07) is 9.88. The average Bonchev–Trinajstić information content (AvgIpc) is 2.83. The van der Waals surface area contributed by atoms with Gasteiger partial charge in [0.05, 0.1) is 24.6 Å². The van der Waals surface area contributed by atoms with Gasteiger partial charge in [0.2, 0.25) is 0 Å². The van der Waals surface area contributed by atoms with Gasteiger partial charge >= 0.3 is 0 Å². The summed E-state index contributed by atoms with van der Waals surface area (Å²) in [5.74, 6) is 0.689. The van der Waals surface area contributed by atoms with Crippen molar-refractivity contribution in [2.75, 3.05) is 5.73 Å². The second-order valence-electron chi connectivity index (χ2n) is 3.55. The first-order chi connectivity index (χ1) is 7.36. The number of nitrogen functional groups attached to an aromatic ring is 1. The third kappa shape index (κ3) is 1.22. The van der Waals surface area contributed by atoms with Crippen LogP contribution in [0.15, 0.2) is 30.3 Å². The van der Waals surface area contributed by atoms with E-state index in [-0.39, 0.29) is 0 Å². The van der Waals surface area contributed by atoms with Crippen molar-refractivity contribution in [3.63, 3.8) is 0 Å². The summed E-state index contributed by atoms with van der Waals surface area (Å²) in [7, 11) is 0. The molecule has 0 aliphatic carbocycles. The number of ether oxygens (including phenoxy) is 1. The molecule has 4 heteroatoms. The normalized spacial score (nSPS) is 14.1. The van der Waals surface area contributed by atoms with Gasteiger partial charge < -0.3 is 10.5 Å². The number of benzene rings is 1. The SMILES string of the molecule is Nc1c2c(nn1-c1ccccc1)COC2. The molecule has 0 radical (unpaired) electrons. The van der Waals surface area contributed by atoms with Gasteiger partial charge in [-0.3, -0.25) is 0 Å². The molecule has 4 nitrogen and oxygen atoms in total. The summed E-state index contributed by atoms with van der Waals surface area (Å²) in [6.07, 6.45) is 0. The van der Waals surface area contributed by atoms with Gasteiger partial charge in [-0.25, -0.2) is 4.68 Å². The van der Waals surface area contributed by atoms with Crippen molar-refractivity contribution >= 4 is 5.82 Å². The molecule has 2 heterocycles. The Bertz CT molecular complexity index is 490. The first kappa shape index (κ1) is 8.49. The van der Waals surface area contributed by atoms with Crippen molar-refractivity contribution in [2.24, 2.45) is 0 Å². The third-order valence-electron chi connectivity index (χ3n) is 2.59. The molecule has 0 amide bonds. The zero-order valence-corrected chi connectivity index (χ0v) is 8.18. The minimum absolute atomic E-state index is 0.569. The fourth-order valence-corrected chi connectivity index (χ4v) is 1.80. The lowest BCUT2D eigenvalue weighted by Crippen LogP contribution is -2.03. The van der Waals surface area contributed by atoms with Gasteiger partial charge in [0.1, 0.15) is 5.82 Å². The van der Waals surface area contributed by atoms with E-state index in [1.807, 2.05) is 30.3 Å². The summed E-state index contributed by atoms with van der Waals surface area (Å²) >= 11 is 0. The Morgan fingerprint density at radius 1 is 1.20 bits per heavy atom. The Labute approximate surface area is 87.3 Å². The number of fused-ring (bicyclic) bond motifs is 1. The van der Waals surface area contributed by atoms with Gasteiger partial charge in [0, 0.05) is 5.56 Å². The standard InChI is InChI=1S/C11H11N3O/c12-11-9-6-15-7-10(9)13-14(11)8-4-2-1-3-5-8/h1-5H,6-7,12H2. The lowest BCUT2D eigenvalue weighted by Gasteiger charge is -2.04. The summed E-state index contributed by atoms with van der Waals surface area (Å²) in [5, 5.41) is 4.43. The molecule has 1 aliphatic heterocycles. The Balaban J connectivity index is 2.14. The monoisotopic (exact) mass is 201 g/mol. The Morgan fingerprint density at radius 3 is 2.73 bits per heavy atom. The lowest BCUT2D eigenvalue weighted by atomic mass is 10.3. The molecule has 1 aromatic carbocycles. The van der Waals surface area contributed by atoms with Crippen molar-refractivity contribution in [3.8, 4) is 5.69 Å². The van der Waals surface area contributed by atoms with Crippen LogP contribution in [0.2, 0.25) is 0 Å². The number of para-hydroxylation sites is 1. The van der Waals surface area contributed by atoms with Gasteiger partial charge in [-0.1, -0.05) is 18.2 Å². The summed E-state index contributed by atoms with van der Waals surface area (Å²) in [4.78, 5) is 0. The van der Waals surface area contributed by atoms with Crippen molar-refractivity contribution in [1.29, 1.82) is 0 Å². The van der Waals surface area contributed by atoms with Crippen LogP contribution in [-0.2, 0) is 18.0 Å². The van der Waals surface area contributed by atoms with Crippen LogP contribution in [-0.4, -0.2) is 9.78 Å². The molecule has 1 aliphatic rings. The van der Waals surface area contributed by atoms with E-state index in [1.54, 1.807) is 4.68 Å². The van der Waals surface area contributed by atoms with Crippen LogP contribution >= 0.6 is 0 Å². The summed E-state index contributed by atoms with van der Waals surface area (Å²) in [5.41, 5.74) is 8.98. The van der Waals surface area contributed by atoms with E-state index in [2.05, 4.69) is 5.10 Å². The van der Waals surface area contributed by atoms with E-state index in [9.17, 15) is 0 Å². The smallest absolute Gasteiger partial charge is 0.133 e. The van der Waals surface area contributed by atoms with Crippen LogP contribution in [0.25, 0.3) is 5.69 Å². The number of rotatable bonds is 1. The molecular formula is C11H11N3O. The lowest BCUT2D eigenvalue weighted by molar-refractivity contribution is 0.131. The van der Waals surface area contributed by atoms with E-state index in [0.717, 1.165) is 16.9 Å². The highest BCUT2D eigenvalue weighted by Gasteiger charge is 2.21. The van der Waals surface area contributed by atoms with E-state index in [0.29, 0.717) is 19.0 Å². The number of nitrogens with zero attached hydrogens (tertiary/aromatic N) is 2. The van der Waals surface area contributed by atoms with Crippen LogP contribution in [0.3, 0.4) is 0 Å². The van der Waals surface area contributed by atoms with E-state index in [1.165, 1.54) is 0 Å². The van der Waals surface area contributed by atoms with E-state index < -0.39 is 0 Å². The predicted molar refractivity (Wildman–Crippen MR) is 56.5 cm³/mol. The van der Waals surface area contributed by atoms with Gasteiger partial charge in [-0.15, -0.1) is 0 Å². The third-order valence-corrected chi connectivity index (χ3v) is 2.59. The Kier molecular flexibility index (Phi) is 1.76. The van der Waals surface area contributed by atoms with Crippen molar-refractivity contribution in [3.05, 3.63) is 41.6 Å². The Hall–Kier alpha value is -1.81. The molecule has 15 heavy (non-hydrogen) atoms. The maximum Gasteiger partial charge on any atom is 0.133 e. The van der Waals surface area contributed by atoms with Gasteiger partial charge in [-0.2, -0.15) is 5.10 Å². The number of nitrogens with two attached hydrogens (primary N) is 1. The number of hydrogen-bond donors (Lipinski definition) is 1. The number of anilines is 1. The molecule has 0 atom stereocenters. The molecule has 0 bridgehead atoms. The molecule has 3 rings (SSSR count). The number of aromatic nitrogens is 2. The quantitative estimate of drug-likeness (QED) is 0.760. The largest absolute Gasteiger partial charge is 0.383 e. The van der Waals surface area contributed by atoms with Gasteiger partial charge in [-0.05, 0) is 12.1 Å². The molecule has 2 aromatic rings. The summed E-state index contributed by atoms with van der Waals surface area (Å²) < 4.78 is 7.04. The fraction of sp³-hybridized carbons (Fsp3) is 0.182. The maximum absolute atomic E-state index is 6.01. The molecule has 2 N–H and O–H groups in total. The maximum atomic E-state index is 6.01. The second kappa shape index (κ2) is 3.10. The molecular weight excluding hydrogens is 190 g/mol. The highest BCUT2D eigenvalue weighted by Crippen LogP contribution is 2.26. The fourth-order valence-electron chi connectivity index (χ4n) is 1.80. The average molecular weight is 201 g/mol. The molecule has 1 aromatic heterocycles. The van der Waals surface area contributed by atoms with Gasteiger partial charge in [0.15, 0.2) is 0 Å². The highest BCUT2D eigenvalue weighted by atomic mass is 16.5. The molecule has 0 saturated carbocycles. The first-order valence-corrected chi connectivity index (χ1v) is 4.85. The highest BCUT2D eigenvalue weighted by molar-refractivity contribution is 5.50. The van der Waals surface area contributed by atoms with Crippen molar-refractivity contribution in [2.45, 2.75) is 13.2 Å². The minimum Gasteiger partial charge on any atom is -0.383 e. The Morgan fingerprint density at radius 2 is 2.00 bits per heavy atom. The zero-order chi connectivity index (χ0) is 10.3. The van der Waals surface area contributed by atoms with Crippen molar-refractivity contribution < 1.29 is 4.74 Å². The molecule has 0 saturated heterocycles. The van der Waals surface area contributed by atoms with Crippen LogP contribution < -0.4 is 5.73 Å².